The molecule has 1 aromatic carbocycles. The molecule has 1 aliphatic rings. The van der Waals surface area contributed by atoms with E-state index in [2.05, 4.69) is 6.92 Å². The third-order valence-electron chi connectivity index (χ3n) is 3.41. The van der Waals surface area contributed by atoms with E-state index >= 15 is 0 Å². The lowest BCUT2D eigenvalue weighted by Gasteiger charge is -2.29. The first-order valence-electron chi connectivity index (χ1n) is 5.53. The van der Waals surface area contributed by atoms with Crippen LogP contribution in [0, 0.1) is 11.7 Å². The molecule has 0 aliphatic heterocycles. The van der Waals surface area contributed by atoms with E-state index in [0.29, 0.717) is 5.92 Å². The van der Waals surface area contributed by atoms with Gasteiger partial charge < -0.3 is 0 Å². The molecule has 1 heteroatoms. The zero-order valence-corrected chi connectivity index (χ0v) is 8.67. The van der Waals surface area contributed by atoms with Crippen molar-refractivity contribution in [2.75, 3.05) is 0 Å². The molecule has 1 aliphatic carbocycles. The van der Waals surface area contributed by atoms with Crippen molar-refractivity contribution >= 4 is 0 Å². The minimum absolute atomic E-state index is 0.128. The van der Waals surface area contributed by atoms with Gasteiger partial charge in [-0.3, -0.25) is 0 Å². The summed E-state index contributed by atoms with van der Waals surface area (Å²) in [4.78, 5) is 0. The van der Waals surface area contributed by atoms with Crippen LogP contribution >= 0.6 is 0 Å². The van der Waals surface area contributed by atoms with Gasteiger partial charge in [0.1, 0.15) is 5.82 Å². The summed E-state index contributed by atoms with van der Waals surface area (Å²) in [5.74, 6) is 1.29. The topological polar surface area (TPSA) is 0 Å². The van der Waals surface area contributed by atoms with Crippen molar-refractivity contribution < 1.29 is 4.39 Å². The van der Waals surface area contributed by atoms with E-state index in [4.69, 9.17) is 0 Å². The Morgan fingerprint density at radius 2 is 1.71 bits per heavy atom. The van der Waals surface area contributed by atoms with Crippen LogP contribution in [0.4, 0.5) is 4.39 Å². The molecule has 1 saturated carbocycles. The van der Waals surface area contributed by atoms with Crippen molar-refractivity contribution in [3.05, 3.63) is 35.6 Å². The van der Waals surface area contributed by atoms with E-state index in [0.717, 1.165) is 5.92 Å². The van der Waals surface area contributed by atoms with Gasteiger partial charge in [-0.1, -0.05) is 38.3 Å². The summed E-state index contributed by atoms with van der Waals surface area (Å²) in [5.41, 5.74) is 1.32. The van der Waals surface area contributed by atoms with E-state index in [9.17, 15) is 4.39 Å². The molecule has 0 heterocycles. The quantitative estimate of drug-likeness (QED) is 0.628. The van der Waals surface area contributed by atoms with Crippen LogP contribution in [-0.4, -0.2) is 0 Å². The molecule has 0 nitrogen and oxygen atoms in total. The molecular weight excluding hydrogens is 175 g/mol. The average molecular weight is 192 g/mol. The first-order valence-corrected chi connectivity index (χ1v) is 5.53. The van der Waals surface area contributed by atoms with E-state index < -0.39 is 0 Å². The molecule has 76 valence electrons. The summed E-state index contributed by atoms with van der Waals surface area (Å²) in [6.07, 6.45) is 5.28. The number of benzene rings is 1. The normalized spacial score (nSPS) is 27.6. The first-order chi connectivity index (χ1) is 6.77. The summed E-state index contributed by atoms with van der Waals surface area (Å²) in [5, 5.41) is 0. The van der Waals surface area contributed by atoms with E-state index in [1.54, 1.807) is 12.1 Å². The van der Waals surface area contributed by atoms with Crippen molar-refractivity contribution in [2.45, 2.75) is 38.5 Å². The zero-order valence-electron chi connectivity index (χ0n) is 8.67. The highest BCUT2D eigenvalue weighted by atomic mass is 19.1. The number of hydrogen-bond acceptors (Lipinski definition) is 0. The Labute approximate surface area is 85.1 Å². The van der Waals surface area contributed by atoms with E-state index in [-0.39, 0.29) is 5.82 Å². The fourth-order valence-electron chi connectivity index (χ4n) is 2.52. The lowest BCUT2D eigenvalue weighted by molar-refractivity contribution is 0.330. The Morgan fingerprint density at radius 1 is 1.07 bits per heavy atom. The third-order valence-corrected chi connectivity index (χ3v) is 3.41. The minimum atomic E-state index is -0.128. The highest BCUT2D eigenvalue weighted by Crippen LogP contribution is 2.37. The summed E-state index contributed by atoms with van der Waals surface area (Å²) in [6, 6.07) is 7.05. The van der Waals surface area contributed by atoms with Crippen LogP contribution in [-0.2, 0) is 0 Å². The van der Waals surface area contributed by atoms with Gasteiger partial charge >= 0.3 is 0 Å². The Kier molecular flexibility index (Phi) is 2.85. The molecule has 0 radical (unpaired) electrons. The molecule has 1 fully saturated rings. The first kappa shape index (κ1) is 9.70. The highest BCUT2D eigenvalue weighted by molar-refractivity contribution is 5.21. The van der Waals surface area contributed by atoms with Crippen LogP contribution in [0.2, 0.25) is 0 Å². The Bertz CT molecular complexity index is 289. The Balaban J connectivity index is 2.16. The van der Waals surface area contributed by atoms with Crippen LogP contribution in [0.15, 0.2) is 24.3 Å². The minimum Gasteiger partial charge on any atom is -0.207 e. The van der Waals surface area contributed by atoms with Crippen LogP contribution < -0.4 is 0 Å². The zero-order chi connectivity index (χ0) is 9.97. The second kappa shape index (κ2) is 4.12. The molecule has 14 heavy (non-hydrogen) atoms. The SMILES string of the molecule is CC1CCCCC1c1ccc(F)cc1. The van der Waals surface area contributed by atoms with Crippen LogP contribution in [0.25, 0.3) is 0 Å². The van der Waals surface area contributed by atoms with Gasteiger partial charge in [0.25, 0.3) is 0 Å². The van der Waals surface area contributed by atoms with Gasteiger partial charge in [0.05, 0.1) is 0 Å². The molecular formula is C13H17F. The summed E-state index contributed by atoms with van der Waals surface area (Å²) in [7, 11) is 0. The van der Waals surface area contributed by atoms with Crippen molar-refractivity contribution in [3.8, 4) is 0 Å². The van der Waals surface area contributed by atoms with Crippen LogP contribution in [0.5, 0.6) is 0 Å². The molecule has 2 atom stereocenters. The van der Waals surface area contributed by atoms with E-state index in [1.807, 2.05) is 12.1 Å². The summed E-state index contributed by atoms with van der Waals surface area (Å²) in [6.45, 7) is 2.31. The maximum atomic E-state index is 12.8. The van der Waals surface area contributed by atoms with Gasteiger partial charge in [0, 0.05) is 0 Å². The third kappa shape index (κ3) is 1.97. The molecule has 1 aromatic rings. The predicted octanol–water partition coefficient (Wildman–Crippen LogP) is 4.12. The Hall–Kier alpha value is -0.850. The lowest BCUT2D eigenvalue weighted by Crippen LogP contribution is -2.14. The number of rotatable bonds is 1. The summed E-state index contributed by atoms with van der Waals surface area (Å²) < 4.78 is 12.8. The molecule has 0 saturated heterocycles. The van der Waals surface area contributed by atoms with Crippen molar-refractivity contribution in [1.29, 1.82) is 0 Å². The molecule has 2 rings (SSSR count). The standard InChI is InChI=1S/C13H17F/c1-10-4-2-3-5-13(10)11-6-8-12(14)9-7-11/h6-10,13H,2-5H2,1H3. The predicted molar refractivity (Wildman–Crippen MR) is 56.8 cm³/mol. The monoisotopic (exact) mass is 192 g/mol. The maximum absolute atomic E-state index is 12.8. The van der Waals surface area contributed by atoms with Crippen molar-refractivity contribution in [2.24, 2.45) is 5.92 Å². The van der Waals surface area contributed by atoms with Crippen molar-refractivity contribution in [3.63, 3.8) is 0 Å². The molecule has 0 aromatic heterocycles. The van der Waals surface area contributed by atoms with E-state index in [1.165, 1.54) is 31.2 Å². The highest BCUT2D eigenvalue weighted by Gasteiger charge is 2.22. The smallest absolute Gasteiger partial charge is 0.123 e. The van der Waals surface area contributed by atoms with Crippen LogP contribution in [0.3, 0.4) is 0 Å². The van der Waals surface area contributed by atoms with Crippen LogP contribution in [0.1, 0.15) is 44.1 Å². The number of halogens is 1. The molecule has 0 N–H and O–H groups in total. The van der Waals surface area contributed by atoms with Gasteiger partial charge in [-0.2, -0.15) is 0 Å². The summed E-state index contributed by atoms with van der Waals surface area (Å²) >= 11 is 0. The maximum Gasteiger partial charge on any atom is 0.123 e. The van der Waals surface area contributed by atoms with Gasteiger partial charge in [-0.25, -0.2) is 4.39 Å². The van der Waals surface area contributed by atoms with Gasteiger partial charge in [0.2, 0.25) is 0 Å². The Morgan fingerprint density at radius 3 is 2.36 bits per heavy atom. The number of hydrogen-bond donors (Lipinski definition) is 0. The average Bonchev–Trinajstić information content (AvgIpc) is 2.20. The fraction of sp³-hybridized carbons (Fsp3) is 0.538. The second-order valence-corrected chi connectivity index (χ2v) is 4.42. The molecule has 2 unspecified atom stereocenters. The van der Waals surface area contributed by atoms with Gasteiger partial charge in [0.15, 0.2) is 0 Å². The largest absolute Gasteiger partial charge is 0.207 e. The fourth-order valence-corrected chi connectivity index (χ4v) is 2.52. The lowest BCUT2D eigenvalue weighted by atomic mass is 9.76. The second-order valence-electron chi connectivity index (χ2n) is 4.42. The van der Waals surface area contributed by atoms with Gasteiger partial charge in [-0.05, 0) is 36.0 Å². The van der Waals surface area contributed by atoms with Crippen molar-refractivity contribution in [1.82, 2.24) is 0 Å². The molecule has 0 bridgehead atoms. The van der Waals surface area contributed by atoms with Gasteiger partial charge in [-0.15, -0.1) is 0 Å². The molecule has 0 spiro atoms. The molecule has 0 amide bonds.